The molecule has 2 N–H and O–H groups in total. The van der Waals surface area contributed by atoms with Gasteiger partial charge in [-0.25, -0.2) is 0 Å². The number of amides is 1. The molecule has 1 aliphatic carbocycles. The maximum absolute atomic E-state index is 12.9. The standard InChI is InChI=1S/C23H35N3O3.2ClH/c1-28-20-8-9-22(21(15-20)23(27)25-16-17-5-4-12-24-17)29-19-10-13-26(14-11-19)18-6-2-3-7-18;;/h8-9,15,17-19,24H,2-7,10-14,16H2,1H3,(H,25,27);2*1H/t17-;;/m0../s1. The van der Waals surface area contributed by atoms with Gasteiger partial charge in [0.15, 0.2) is 0 Å². The zero-order chi connectivity index (χ0) is 20.1. The molecule has 3 fully saturated rings. The zero-order valence-electron chi connectivity index (χ0n) is 18.4. The van der Waals surface area contributed by atoms with Crippen LogP contribution in [0.15, 0.2) is 18.2 Å². The second-order valence-electron chi connectivity index (χ2n) is 8.66. The Morgan fingerprint density at radius 1 is 1.10 bits per heavy atom. The average molecular weight is 474 g/mol. The highest BCUT2D eigenvalue weighted by Gasteiger charge is 2.28. The predicted molar refractivity (Wildman–Crippen MR) is 128 cm³/mol. The van der Waals surface area contributed by atoms with Crippen LogP contribution in [0.2, 0.25) is 0 Å². The molecule has 1 amide bonds. The topological polar surface area (TPSA) is 62.8 Å². The molecule has 2 saturated heterocycles. The number of ether oxygens (including phenoxy) is 2. The van der Waals surface area contributed by atoms with Crippen LogP contribution in [0, 0.1) is 0 Å². The highest BCUT2D eigenvalue weighted by Crippen LogP contribution is 2.30. The molecule has 1 aromatic carbocycles. The van der Waals surface area contributed by atoms with Gasteiger partial charge in [-0.05, 0) is 63.3 Å². The van der Waals surface area contributed by atoms with E-state index in [4.69, 9.17) is 9.47 Å². The lowest BCUT2D eigenvalue weighted by Gasteiger charge is -2.36. The Hall–Kier alpha value is -1.21. The molecule has 6 nitrogen and oxygen atoms in total. The molecule has 0 aromatic heterocycles. The summed E-state index contributed by atoms with van der Waals surface area (Å²) in [6.07, 6.45) is 9.96. The maximum atomic E-state index is 12.9. The van der Waals surface area contributed by atoms with Crippen molar-refractivity contribution in [2.75, 3.05) is 33.3 Å². The van der Waals surface area contributed by atoms with Gasteiger partial charge in [-0.3, -0.25) is 4.79 Å². The van der Waals surface area contributed by atoms with Crippen LogP contribution in [0.3, 0.4) is 0 Å². The first kappa shape index (κ1) is 26.0. The minimum atomic E-state index is -0.0870. The Morgan fingerprint density at radius 2 is 1.84 bits per heavy atom. The smallest absolute Gasteiger partial charge is 0.255 e. The number of likely N-dealkylation sites (tertiary alicyclic amines) is 1. The number of nitrogens with zero attached hydrogens (tertiary/aromatic N) is 1. The van der Waals surface area contributed by atoms with Crippen LogP contribution in [0.4, 0.5) is 0 Å². The Morgan fingerprint density at radius 3 is 2.48 bits per heavy atom. The summed E-state index contributed by atoms with van der Waals surface area (Å²) in [5.74, 6) is 1.26. The van der Waals surface area contributed by atoms with Gasteiger partial charge >= 0.3 is 0 Å². The van der Waals surface area contributed by atoms with Crippen LogP contribution >= 0.6 is 24.8 Å². The fraction of sp³-hybridized carbons (Fsp3) is 0.696. The first-order chi connectivity index (χ1) is 14.2. The fourth-order valence-electron chi connectivity index (χ4n) is 4.97. The highest BCUT2D eigenvalue weighted by molar-refractivity contribution is 5.97. The lowest BCUT2D eigenvalue weighted by atomic mass is 10.0. The largest absolute Gasteiger partial charge is 0.497 e. The molecular formula is C23H37Cl2N3O3. The molecule has 0 bridgehead atoms. The molecule has 4 rings (SSSR count). The number of hydrogen-bond donors (Lipinski definition) is 2. The number of piperidine rings is 1. The molecule has 0 radical (unpaired) electrons. The van der Waals surface area contributed by atoms with Crippen molar-refractivity contribution in [3.05, 3.63) is 23.8 Å². The first-order valence-corrected chi connectivity index (χ1v) is 11.3. The van der Waals surface area contributed by atoms with E-state index < -0.39 is 0 Å². The summed E-state index contributed by atoms with van der Waals surface area (Å²) in [5.41, 5.74) is 0.570. The fourth-order valence-corrected chi connectivity index (χ4v) is 4.97. The van der Waals surface area contributed by atoms with Gasteiger partial charge in [0.2, 0.25) is 0 Å². The summed E-state index contributed by atoms with van der Waals surface area (Å²) in [7, 11) is 1.62. The van der Waals surface area contributed by atoms with E-state index >= 15 is 0 Å². The van der Waals surface area contributed by atoms with E-state index in [0.717, 1.165) is 44.9 Å². The summed E-state index contributed by atoms with van der Waals surface area (Å²) in [6, 6.07) is 6.69. The first-order valence-electron chi connectivity index (χ1n) is 11.3. The molecule has 2 aliphatic heterocycles. The average Bonchev–Trinajstić information content (AvgIpc) is 3.47. The van der Waals surface area contributed by atoms with Gasteiger partial charge in [0.25, 0.3) is 5.91 Å². The normalized spacial score (nSPS) is 22.4. The van der Waals surface area contributed by atoms with Crippen molar-refractivity contribution in [2.24, 2.45) is 0 Å². The lowest BCUT2D eigenvalue weighted by molar-refractivity contribution is 0.0749. The van der Waals surface area contributed by atoms with E-state index in [0.29, 0.717) is 29.6 Å². The number of benzene rings is 1. The quantitative estimate of drug-likeness (QED) is 0.630. The van der Waals surface area contributed by atoms with Crippen LogP contribution in [-0.2, 0) is 0 Å². The third-order valence-electron chi connectivity index (χ3n) is 6.71. The van der Waals surface area contributed by atoms with E-state index in [1.54, 1.807) is 13.2 Å². The molecule has 31 heavy (non-hydrogen) atoms. The summed E-state index contributed by atoms with van der Waals surface area (Å²) in [5, 5.41) is 6.49. The number of rotatable bonds is 7. The van der Waals surface area contributed by atoms with Crippen LogP contribution in [0.5, 0.6) is 11.5 Å². The molecule has 0 unspecified atom stereocenters. The Balaban J connectivity index is 0.00000171. The number of methoxy groups -OCH3 is 1. The molecule has 3 aliphatic rings. The molecule has 176 valence electrons. The molecule has 1 saturated carbocycles. The maximum Gasteiger partial charge on any atom is 0.255 e. The van der Waals surface area contributed by atoms with Crippen molar-refractivity contribution in [2.45, 2.75) is 69.6 Å². The third-order valence-corrected chi connectivity index (χ3v) is 6.71. The molecule has 2 heterocycles. The third kappa shape index (κ3) is 6.88. The van der Waals surface area contributed by atoms with Gasteiger partial charge in [0, 0.05) is 31.7 Å². The van der Waals surface area contributed by atoms with Gasteiger partial charge < -0.3 is 25.0 Å². The van der Waals surface area contributed by atoms with Gasteiger partial charge in [0.05, 0.1) is 12.7 Å². The van der Waals surface area contributed by atoms with E-state index in [-0.39, 0.29) is 36.8 Å². The molecular weight excluding hydrogens is 437 g/mol. The van der Waals surface area contributed by atoms with Gasteiger partial charge in [-0.15, -0.1) is 24.8 Å². The predicted octanol–water partition coefficient (Wildman–Crippen LogP) is 3.81. The number of carbonyl (C=O) groups is 1. The van der Waals surface area contributed by atoms with Crippen molar-refractivity contribution >= 4 is 30.7 Å². The molecule has 0 spiro atoms. The van der Waals surface area contributed by atoms with E-state index in [1.165, 1.54) is 32.1 Å². The Labute approximate surface area is 198 Å². The lowest BCUT2D eigenvalue weighted by Crippen LogP contribution is -2.43. The van der Waals surface area contributed by atoms with E-state index in [2.05, 4.69) is 15.5 Å². The summed E-state index contributed by atoms with van der Waals surface area (Å²) in [4.78, 5) is 15.5. The molecule has 8 heteroatoms. The van der Waals surface area contributed by atoms with Crippen molar-refractivity contribution < 1.29 is 14.3 Å². The number of hydrogen-bond acceptors (Lipinski definition) is 5. The number of nitrogens with one attached hydrogen (secondary N) is 2. The molecule has 1 aromatic rings. The minimum Gasteiger partial charge on any atom is -0.497 e. The Kier molecular flexibility index (Phi) is 10.7. The van der Waals surface area contributed by atoms with Crippen LogP contribution < -0.4 is 20.1 Å². The monoisotopic (exact) mass is 473 g/mol. The summed E-state index contributed by atoms with van der Waals surface area (Å²) in [6.45, 7) is 3.88. The van der Waals surface area contributed by atoms with Gasteiger partial charge in [-0.1, -0.05) is 12.8 Å². The van der Waals surface area contributed by atoms with Crippen molar-refractivity contribution in [1.29, 1.82) is 0 Å². The van der Waals surface area contributed by atoms with E-state index in [9.17, 15) is 4.79 Å². The van der Waals surface area contributed by atoms with Gasteiger partial charge in [-0.2, -0.15) is 0 Å². The van der Waals surface area contributed by atoms with Crippen LogP contribution in [-0.4, -0.2) is 62.3 Å². The van der Waals surface area contributed by atoms with Crippen molar-refractivity contribution in [1.82, 2.24) is 15.5 Å². The minimum absolute atomic E-state index is 0. The highest BCUT2D eigenvalue weighted by atomic mass is 35.5. The summed E-state index contributed by atoms with van der Waals surface area (Å²) >= 11 is 0. The van der Waals surface area contributed by atoms with Crippen LogP contribution in [0.25, 0.3) is 0 Å². The summed E-state index contributed by atoms with van der Waals surface area (Å²) < 4.78 is 11.7. The van der Waals surface area contributed by atoms with Crippen molar-refractivity contribution in [3.8, 4) is 11.5 Å². The second-order valence-corrected chi connectivity index (χ2v) is 8.66. The van der Waals surface area contributed by atoms with Crippen LogP contribution in [0.1, 0.15) is 61.7 Å². The SMILES string of the molecule is COc1ccc(OC2CCN(C3CCCC3)CC2)c(C(=O)NC[C@@H]2CCCN2)c1.Cl.Cl. The Bertz CT molecular complexity index is 687. The second kappa shape index (κ2) is 12.7. The number of halogens is 2. The zero-order valence-corrected chi connectivity index (χ0v) is 20.1. The van der Waals surface area contributed by atoms with Crippen molar-refractivity contribution in [3.63, 3.8) is 0 Å². The van der Waals surface area contributed by atoms with Gasteiger partial charge in [0.1, 0.15) is 17.6 Å². The number of carbonyl (C=O) groups excluding carboxylic acids is 1. The van der Waals surface area contributed by atoms with E-state index in [1.807, 2.05) is 12.1 Å². The molecule has 1 atom stereocenters.